The minimum absolute atomic E-state index is 0.370. The van der Waals surface area contributed by atoms with E-state index >= 15 is 0 Å². The first-order chi connectivity index (χ1) is 5.77. The molecule has 0 aromatic carbocycles. The number of aromatic nitrogens is 1. The van der Waals surface area contributed by atoms with E-state index in [9.17, 15) is 4.79 Å². The normalized spacial score (nSPS) is 9.17. The summed E-state index contributed by atoms with van der Waals surface area (Å²) in [5, 5.41) is 0. The van der Waals surface area contributed by atoms with E-state index in [-0.39, 0.29) is 5.91 Å². The van der Waals surface area contributed by atoms with E-state index in [1.165, 1.54) is 13.3 Å². The first kappa shape index (κ1) is 8.48. The van der Waals surface area contributed by atoms with Crippen molar-refractivity contribution in [3.8, 4) is 5.88 Å². The molecule has 5 nitrogen and oxygen atoms in total. The quantitative estimate of drug-likeness (QED) is 0.360. The molecule has 0 fully saturated rings. The van der Waals surface area contributed by atoms with Crippen LogP contribution in [0.4, 0.5) is 0 Å². The number of carbonyl (C=O) groups excluding carboxylic acids is 1. The van der Waals surface area contributed by atoms with Crippen LogP contribution in [-0.4, -0.2) is 18.0 Å². The second kappa shape index (κ2) is 3.68. The molecule has 0 atom stereocenters. The van der Waals surface area contributed by atoms with E-state index < -0.39 is 0 Å². The van der Waals surface area contributed by atoms with E-state index in [0.717, 1.165) is 0 Å². The fraction of sp³-hybridized carbons (Fsp3) is 0.143. The van der Waals surface area contributed by atoms with E-state index in [1.54, 1.807) is 12.1 Å². The van der Waals surface area contributed by atoms with Crippen LogP contribution in [0, 0.1) is 0 Å². The Balaban J connectivity index is 2.84. The molecule has 0 spiro atoms. The van der Waals surface area contributed by atoms with Gasteiger partial charge in [-0.1, -0.05) is 0 Å². The molecule has 12 heavy (non-hydrogen) atoms. The number of nitrogen functional groups attached to an aromatic ring is 1. The number of hydrazine groups is 1. The number of hydrogen-bond acceptors (Lipinski definition) is 4. The van der Waals surface area contributed by atoms with Crippen molar-refractivity contribution >= 4 is 5.91 Å². The number of nitrogens with two attached hydrogens (primary N) is 1. The van der Waals surface area contributed by atoms with Crippen LogP contribution in [0.5, 0.6) is 5.88 Å². The summed E-state index contributed by atoms with van der Waals surface area (Å²) in [7, 11) is 1.50. The molecule has 3 N–H and O–H groups in total. The lowest BCUT2D eigenvalue weighted by atomic mass is 10.3. The standard InChI is InChI=1S/C7H9N3O2/c1-12-6-3-2-5(4-9-6)7(11)10-8/h2-4H,8H2,1H3,(H,10,11). The summed E-state index contributed by atoms with van der Waals surface area (Å²) < 4.78 is 4.81. The molecule has 0 aliphatic rings. The van der Waals surface area contributed by atoms with E-state index in [4.69, 9.17) is 10.6 Å². The maximum Gasteiger partial charge on any atom is 0.266 e. The van der Waals surface area contributed by atoms with Crippen LogP contribution in [0.15, 0.2) is 18.3 Å². The molecular weight excluding hydrogens is 158 g/mol. The molecule has 0 saturated carbocycles. The molecule has 0 aliphatic carbocycles. The Bertz CT molecular complexity index is 270. The minimum atomic E-state index is -0.370. The number of nitrogens with one attached hydrogen (secondary N) is 1. The third-order valence-corrected chi connectivity index (χ3v) is 1.34. The molecule has 1 amide bonds. The molecule has 1 rings (SSSR count). The van der Waals surface area contributed by atoms with Crippen molar-refractivity contribution in [3.05, 3.63) is 23.9 Å². The third kappa shape index (κ3) is 1.70. The molecule has 1 heterocycles. The average molecular weight is 167 g/mol. The number of carbonyl (C=O) groups is 1. The van der Waals surface area contributed by atoms with Gasteiger partial charge in [-0.2, -0.15) is 0 Å². The summed E-state index contributed by atoms with van der Waals surface area (Å²) >= 11 is 0. The largest absolute Gasteiger partial charge is 0.481 e. The van der Waals surface area contributed by atoms with Gasteiger partial charge in [-0.3, -0.25) is 10.2 Å². The highest BCUT2D eigenvalue weighted by Gasteiger charge is 2.02. The van der Waals surface area contributed by atoms with Gasteiger partial charge in [0.15, 0.2) is 0 Å². The summed E-state index contributed by atoms with van der Waals surface area (Å²) in [5.41, 5.74) is 2.40. The fourth-order valence-corrected chi connectivity index (χ4v) is 0.719. The van der Waals surface area contributed by atoms with E-state index in [1.807, 2.05) is 5.43 Å². The van der Waals surface area contributed by atoms with Gasteiger partial charge in [0.25, 0.3) is 5.91 Å². The Morgan fingerprint density at radius 1 is 1.67 bits per heavy atom. The topological polar surface area (TPSA) is 77.2 Å². The van der Waals surface area contributed by atoms with Gasteiger partial charge in [0.2, 0.25) is 5.88 Å². The van der Waals surface area contributed by atoms with Crippen molar-refractivity contribution in [1.82, 2.24) is 10.4 Å². The van der Waals surface area contributed by atoms with Crippen LogP contribution in [0.3, 0.4) is 0 Å². The number of ether oxygens (including phenoxy) is 1. The summed E-state index contributed by atoms with van der Waals surface area (Å²) in [6.07, 6.45) is 1.39. The monoisotopic (exact) mass is 167 g/mol. The first-order valence-corrected chi connectivity index (χ1v) is 3.29. The van der Waals surface area contributed by atoms with Gasteiger partial charge in [-0.05, 0) is 6.07 Å². The summed E-state index contributed by atoms with van der Waals surface area (Å²) in [4.78, 5) is 14.7. The lowest BCUT2D eigenvalue weighted by molar-refractivity contribution is 0.0953. The number of rotatable bonds is 2. The maximum absolute atomic E-state index is 10.9. The minimum Gasteiger partial charge on any atom is -0.481 e. The Labute approximate surface area is 69.5 Å². The summed E-state index contributed by atoms with van der Waals surface area (Å²) in [6, 6.07) is 3.17. The third-order valence-electron chi connectivity index (χ3n) is 1.34. The Kier molecular flexibility index (Phi) is 2.60. The molecular formula is C7H9N3O2. The van der Waals surface area contributed by atoms with Crippen molar-refractivity contribution < 1.29 is 9.53 Å². The average Bonchev–Trinajstić information content (AvgIpc) is 2.17. The van der Waals surface area contributed by atoms with Gasteiger partial charge < -0.3 is 4.74 Å². The van der Waals surface area contributed by atoms with Crippen LogP contribution < -0.4 is 16.0 Å². The van der Waals surface area contributed by atoms with Crippen molar-refractivity contribution in [2.75, 3.05) is 7.11 Å². The van der Waals surface area contributed by atoms with Crippen molar-refractivity contribution in [1.29, 1.82) is 0 Å². The molecule has 0 radical (unpaired) electrons. The van der Waals surface area contributed by atoms with Crippen molar-refractivity contribution in [2.24, 2.45) is 5.84 Å². The van der Waals surface area contributed by atoms with Crippen LogP contribution in [-0.2, 0) is 0 Å². The van der Waals surface area contributed by atoms with Crippen molar-refractivity contribution in [2.45, 2.75) is 0 Å². The molecule has 64 valence electrons. The zero-order valence-electron chi connectivity index (χ0n) is 6.57. The molecule has 1 aromatic heterocycles. The molecule has 0 saturated heterocycles. The maximum atomic E-state index is 10.9. The van der Waals surface area contributed by atoms with Crippen LogP contribution in [0.1, 0.15) is 10.4 Å². The Hall–Kier alpha value is -1.62. The lowest BCUT2D eigenvalue weighted by Gasteiger charge is -2.00. The van der Waals surface area contributed by atoms with Gasteiger partial charge >= 0.3 is 0 Å². The summed E-state index contributed by atoms with van der Waals surface area (Å²) in [5.74, 6) is 5.01. The van der Waals surface area contributed by atoms with Crippen molar-refractivity contribution in [3.63, 3.8) is 0 Å². The SMILES string of the molecule is COc1ccc(C(=O)NN)cn1. The predicted molar refractivity (Wildman–Crippen MR) is 42.4 cm³/mol. The number of methoxy groups -OCH3 is 1. The van der Waals surface area contributed by atoms with Crippen LogP contribution >= 0.6 is 0 Å². The van der Waals surface area contributed by atoms with Gasteiger partial charge in [0, 0.05) is 12.3 Å². The Morgan fingerprint density at radius 3 is 2.83 bits per heavy atom. The second-order valence-corrected chi connectivity index (χ2v) is 2.06. The lowest BCUT2D eigenvalue weighted by Crippen LogP contribution is -2.29. The smallest absolute Gasteiger partial charge is 0.266 e. The highest BCUT2D eigenvalue weighted by Crippen LogP contribution is 2.05. The zero-order valence-corrected chi connectivity index (χ0v) is 6.57. The number of amides is 1. The molecule has 5 heteroatoms. The van der Waals surface area contributed by atoms with Gasteiger partial charge in [-0.15, -0.1) is 0 Å². The predicted octanol–water partition coefficient (Wildman–Crippen LogP) is -0.306. The second-order valence-electron chi connectivity index (χ2n) is 2.06. The van der Waals surface area contributed by atoms with Crippen LogP contribution in [0.2, 0.25) is 0 Å². The highest BCUT2D eigenvalue weighted by atomic mass is 16.5. The van der Waals surface area contributed by atoms with E-state index in [2.05, 4.69) is 4.98 Å². The number of nitrogens with zero attached hydrogens (tertiary/aromatic N) is 1. The molecule has 0 unspecified atom stereocenters. The molecule has 0 bridgehead atoms. The highest BCUT2D eigenvalue weighted by molar-refractivity contribution is 5.93. The Morgan fingerprint density at radius 2 is 2.42 bits per heavy atom. The zero-order chi connectivity index (χ0) is 8.97. The van der Waals surface area contributed by atoms with E-state index in [0.29, 0.717) is 11.4 Å². The fourth-order valence-electron chi connectivity index (χ4n) is 0.719. The van der Waals surface area contributed by atoms with Crippen LogP contribution in [0.25, 0.3) is 0 Å². The first-order valence-electron chi connectivity index (χ1n) is 3.29. The van der Waals surface area contributed by atoms with Gasteiger partial charge in [-0.25, -0.2) is 10.8 Å². The number of pyridine rings is 1. The van der Waals surface area contributed by atoms with Gasteiger partial charge in [0.05, 0.1) is 12.7 Å². The molecule has 0 aliphatic heterocycles. The molecule has 1 aromatic rings. The van der Waals surface area contributed by atoms with Gasteiger partial charge in [0.1, 0.15) is 0 Å². The number of hydrogen-bond donors (Lipinski definition) is 2. The summed E-state index contributed by atoms with van der Waals surface area (Å²) in [6.45, 7) is 0.